The first-order valence-corrected chi connectivity index (χ1v) is 6.00. The van der Waals surface area contributed by atoms with E-state index in [1.807, 2.05) is 31.2 Å². The lowest BCUT2D eigenvalue weighted by Crippen LogP contribution is -2.15. The molecule has 0 spiro atoms. The Morgan fingerprint density at radius 3 is 2.84 bits per heavy atom. The Bertz CT molecular complexity index is 562. The van der Waals surface area contributed by atoms with Crippen LogP contribution in [0.5, 0.6) is 0 Å². The average molecular weight is 259 g/mol. The molecule has 1 aromatic heterocycles. The predicted molar refractivity (Wildman–Crippen MR) is 72.9 cm³/mol. The van der Waals surface area contributed by atoms with Crippen molar-refractivity contribution in [3.8, 4) is 0 Å². The van der Waals surface area contributed by atoms with Gasteiger partial charge in [-0.25, -0.2) is 0 Å². The number of hydrogen-bond donors (Lipinski definition) is 3. The van der Waals surface area contributed by atoms with Gasteiger partial charge in [-0.2, -0.15) is 0 Å². The molecule has 4 N–H and O–H groups in total. The molecular formula is C14H17N3O2. The maximum atomic E-state index is 8.64. The highest BCUT2D eigenvalue weighted by Gasteiger charge is 2.03. The van der Waals surface area contributed by atoms with Crippen LogP contribution < -0.4 is 11.1 Å². The second kappa shape index (κ2) is 6.06. The van der Waals surface area contributed by atoms with E-state index in [1.165, 1.54) is 5.56 Å². The van der Waals surface area contributed by atoms with Gasteiger partial charge >= 0.3 is 0 Å². The molecule has 2 aromatic rings. The highest BCUT2D eigenvalue weighted by molar-refractivity contribution is 5.97. The normalized spacial score (nSPS) is 11.7. The van der Waals surface area contributed by atoms with E-state index in [4.69, 9.17) is 15.4 Å². The molecule has 5 heteroatoms. The Morgan fingerprint density at radius 2 is 2.21 bits per heavy atom. The van der Waals surface area contributed by atoms with E-state index in [2.05, 4.69) is 10.5 Å². The van der Waals surface area contributed by atoms with Crippen molar-refractivity contribution in [2.24, 2.45) is 10.9 Å². The molecule has 0 fully saturated rings. The van der Waals surface area contributed by atoms with Gasteiger partial charge in [0, 0.05) is 24.2 Å². The van der Waals surface area contributed by atoms with Gasteiger partial charge in [-0.15, -0.1) is 0 Å². The van der Waals surface area contributed by atoms with Crippen molar-refractivity contribution in [1.82, 2.24) is 5.32 Å². The molecular weight excluding hydrogens is 242 g/mol. The summed E-state index contributed by atoms with van der Waals surface area (Å²) in [7, 11) is 0. The van der Waals surface area contributed by atoms with Gasteiger partial charge < -0.3 is 20.7 Å². The van der Waals surface area contributed by atoms with E-state index in [-0.39, 0.29) is 5.84 Å². The van der Waals surface area contributed by atoms with E-state index in [9.17, 15) is 0 Å². The van der Waals surface area contributed by atoms with Crippen LogP contribution in [0.15, 0.2) is 46.4 Å². The first-order chi connectivity index (χ1) is 9.20. The van der Waals surface area contributed by atoms with Crippen molar-refractivity contribution >= 4 is 5.84 Å². The molecule has 0 amide bonds. The van der Waals surface area contributed by atoms with Crippen molar-refractivity contribution < 1.29 is 9.62 Å². The van der Waals surface area contributed by atoms with Crippen molar-refractivity contribution in [3.63, 3.8) is 0 Å². The van der Waals surface area contributed by atoms with Crippen LogP contribution in [0.3, 0.4) is 0 Å². The lowest BCUT2D eigenvalue weighted by Gasteiger charge is -2.09. The Balaban J connectivity index is 1.97. The summed E-state index contributed by atoms with van der Waals surface area (Å²) in [4.78, 5) is 0. The van der Waals surface area contributed by atoms with E-state index in [0.717, 1.165) is 29.8 Å². The summed E-state index contributed by atoms with van der Waals surface area (Å²) in [5.74, 6) is 0.126. The molecule has 0 unspecified atom stereocenters. The number of oxime groups is 1. The highest BCUT2D eigenvalue weighted by Crippen LogP contribution is 2.11. The zero-order valence-corrected chi connectivity index (χ0v) is 10.8. The number of benzene rings is 1. The van der Waals surface area contributed by atoms with Crippen molar-refractivity contribution in [2.75, 3.05) is 0 Å². The zero-order valence-electron chi connectivity index (χ0n) is 10.8. The van der Waals surface area contributed by atoms with Gasteiger partial charge in [-0.3, -0.25) is 0 Å². The fourth-order valence-corrected chi connectivity index (χ4v) is 1.85. The fourth-order valence-electron chi connectivity index (χ4n) is 1.85. The number of hydrogen-bond acceptors (Lipinski definition) is 4. The molecule has 0 radical (unpaired) electrons. The predicted octanol–water partition coefficient (Wildman–Crippen LogP) is 1.97. The third-order valence-corrected chi connectivity index (χ3v) is 2.97. The van der Waals surface area contributed by atoms with Crippen LogP contribution in [-0.2, 0) is 13.1 Å². The van der Waals surface area contributed by atoms with Gasteiger partial charge in [0.05, 0.1) is 12.5 Å². The number of nitrogens with two attached hydrogens (primary N) is 1. The summed E-state index contributed by atoms with van der Waals surface area (Å²) in [6.45, 7) is 3.52. The number of amidine groups is 1. The highest BCUT2D eigenvalue weighted by atomic mass is 16.4. The minimum Gasteiger partial charge on any atom is -0.472 e. The summed E-state index contributed by atoms with van der Waals surface area (Å²) in [6, 6.07) is 7.66. The molecule has 1 heterocycles. The Labute approximate surface area is 111 Å². The summed E-state index contributed by atoms with van der Waals surface area (Å²) < 4.78 is 5.00. The smallest absolute Gasteiger partial charge is 0.170 e. The molecule has 0 aliphatic heterocycles. The third kappa shape index (κ3) is 3.35. The van der Waals surface area contributed by atoms with Crippen LogP contribution in [-0.4, -0.2) is 11.0 Å². The molecule has 1 aromatic carbocycles. The summed E-state index contributed by atoms with van der Waals surface area (Å²) in [5, 5.41) is 15.0. The van der Waals surface area contributed by atoms with E-state index < -0.39 is 0 Å². The van der Waals surface area contributed by atoms with Crippen LogP contribution >= 0.6 is 0 Å². The number of rotatable bonds is 5. The largest absolute Gasteiger partial charge is 0.472 e. The maximum Gasteiger partial charge on any atom is 0.170 e. The second-order valence-corrected chi connectivity index (χ2v) is 4.36. The van der Waals surface area contributed by atoms with Crippen molar-refractivity contribution in [1.29, 1.82) is 0 Å². The third-order valence-electron chi connectivity index (χ3n) is 2.97. The first-order valence-electron chi connectivity index (χ1n) is 6.00. The van der Waals surface area contributed by atoms with Crippen molar-refractivity contribution in [2.45, 2.75) is 20.0 Å². The standard InChI is InChI=1S/C14H17N3O2/c1-10-6-12(14(15)17-18)2-3-13(10)8-16-7-11-4-5-19-9-11/h2-6,9,16,18H,7-8H2,1H3,(H2,15,17). The van der Waals surface area contributed by atoms with Gasteiger partial charge in [0.1, 0.15) is 0 Å². The minimum absolute atomic E-state index is 0.126. The Morgan fingerprint density at radius 1 is 1.37 bits per heavy atom. The lowest BCUT2D eigenvalue weighted by atomic mass is 10.0. The van der Waals surface area contributed by atoms with Crippen LogP contribution in [0.2, 0.25) is 0 Å². The average Bonchev–Trinajstić information content (AvgIpc) is 2.93. The number of furan rings is 1. The molecule has 19 heavy (non-hydrogen) atoms. The molecule has 0 atom stereocenters. The van der Waals surface area contributed by atoms with Gasteiger partial charge in [0.25, 0.3) is 0 Å². The topological polar surface area (TPSA) is 83.8 Å². The van der Waals surface area contributed by atoms with E-state index in [0.29, 0.717) is 0 Å². The molecule has 100 valence electrons. The number of nitrogens with zero attached hydrogens (tertiary/aromatic N) is 1. The molecule has 0 bridgehead atoms. The molecule has 0 saturated carbocycles. The Hall–Kier alpha value is -2.27. The summed E-state index contributed by atoms with van der Waals surface area (Å²) >= 11 is 0. The molecule has 0 aliphatic carbocycles. The fraction of sp³-hybridized carbons (Fsp3) is 0.214. The van der Waals surface area contributed by atoms with Gasteiger partial charge in [-0.1, -0.05) is 17.3 Å². The SMILES string of the molecule is Cc1cc(/C(N)=N/O)ccc1CNCc1ccoc1. The van der Waals surface area contributed by atoms with Gasteiger partial charge in [0.15, 0.2) is 5.84 Å². The minimum atomic E-state index is 0.126. The number of aryl methyl sites for hydroxylation is 1. The number of nitrogens with one attached hydrogen (secondary N) is 1. The van der Waals surface area contributed by atoms with E-state index >= 15 is 0 Å². The molecule has 0 saturated heterocycles. The molecule has 2 rings (SSSR count). The quantitative estimate of drug-likeness (QED) is 0.332. The summed E-state index contributed by atoms with van der Waals surface area (Å²) in [6.07, 6.45) is 3.38. The van der Waals surface area contributed by atoms with E-state index in [1.54, 1.807) is 12.5 Å². The second-order valence-electron chi connectivity index (χ2n) is 4.36. The summed E-state index contributed by atoms with van der Waals surface area (Å²) in [5.41, 5.74) is 9.67. The van der Waals surface area contributed by atoms with Crippen LogP contribution in [0.1, 0.15) is 22.3 Å². The molecule has 0 aliphatic rings. The lowest BCUT2D eigenvalue weighted by molar-refractivity contribution is 0.318. The first kappa shape index (κ1) is 13.2. The van der Waals surface area contributed by atoms with Crippen LogP contribution in [0.25, 0.3) is 0 Å². The van der Waals surface area contributed by atoms with Crippen molar-refractivity contribution in [3.05, 3.63) is 59.0 Å². The Kier molecular flexibility index (Phi) is 4.20. The molecule has 5 nitrogen and oxygen atoms in total. The van der Waals surface area contributed by atoms with Gasteiger partial charge in [0.2, 0.25) is 0 Å². The monoisotopic (exact) mass is 259 g/mol. The maximum absolute atomic E-state index is 8.64. The van der Waals surface area contributed by atoms with Crippen LogP contribution in [0.4, 0.5) is 0 Å². The van der Waals surface area contributed by atoms with Crippen LogP contribution in [0, 0.1) is 6.92 Å². The van der Waals surface area contributed by atoms with Gasteiger partial charge in [-0.05, 0) is 30.2 Å². The zero-order chi connectivity index (χ0) is 13.7.